The van der Waals surface area contributed by atoms with Crippen LogP contribution in [0.1, 0.15) is 57.2 Å². The number of aldehydes is 1. The first-order chi connectivity index (χ1) is 11.0. The zero-order valence-corrected chi connectivity index (χ0v) is 13.2. The highest BCUT2D eigenvalue weighted by Gasteiger charge is 2.27. The van der Waals surface area contributed by atoms with E-state index in [1.807, 2.05) is 38.1 Å². The van der Waals surface area contributed by atoms with Crippen molar-refractivity contribution in [1.29, 1.82) is 0 Å². The number of nitrogens with zero attached hydrogens (tertiary/aromatic N) is 1. The van der Waals surface area contributed by atoms with E-state index in [4.69, 9.17) is 0 Å². The van der Waals surface area contributed by atoms with Gasteiger partial charge in [0.1, 0.15) is 5.75 Å². The summed E-state index contributed by atoms with van der Waals surface area (Å²) in [7, 11) is 0. The molecule has 1 aliphatic heterocycles. The number of rotatable bonds is 3. The fourth-order valence-electron chi connectivity index (χ4n) is 2.91. The van der Waals surface area contributed by atoms with Crippen molar-refractivity contribution in [3.8, 4) is 5.75 Å². The van der Waals surface area contributed by atoms with Gasteiger partial charge in [-0.2, -0.15) is 0 Å². The molecular weight excluding hydrogens is 290 g/mol. The normalized spacial score (nSPS) is 13.3. The second-order valence-electron chi connectivity index (χ2n) is 6.21. The molecule has 1 N–H and O–H groups in total. The average molecular weight is 309 g/mol. The van der Waals surface area contributed by atoms with Gasteiger partial charge >= 0.3 is 0 Å². The first-order valence-corrected chi connectivity index (χ1v) is 7.69. The van der Waals surface area contributed by atoms with Crippen LogP contribution in [0.3, 0.4) is 0 Å². The minimum atomic E-state index is -0.246. The van der Waals surface area contributed by atoms with Gasteiger partial charge in [-0.1, -0.05) is 38.1 Å². The Morgan fingerprint density at radius 1 is 1.17 bits per heavy atom. The van der Waals surface area contributed by atoms with E-state index in [2.05, 4.69) is 0 Å². The van der Waals surface area contributed by atoms with Gasteiger partial charge in [0.2, 0.25) is 0 Å². The highest BCUT2D eigenvalue weighted by Crippen LogP contribution is 2.31. The van der Waals surface area contributed by atoms with Crippen molar-refractivity contribution in [3.63, 3.8) is 0 Å². The Morgan fingerprint density at radius 2 is 1.78 bits per heavy atom. The summed E-state index contributed by atoms with van der Waals surface area (Å²) in [5, 5.41) is 10.3. The molecule has 0 fully saturated rings. The Labute approximate surface area is 135 Å². The lowest BCUT2D eigenvalue weighted by Crippen LogP contribution is -2.25. The lowest BCUT2D eigenvalue weighted by Gasteiger charge is -2.18. The lowest BCUT2D eigenvalue weighted by atomic mass is 9.96. The molecule has 0 saturated heterocycles. The first-order valence-electron chi connectivity index (χ1n) is 7.69. The summed E-state index contributed by atoms with van der Waals surface area (Å²) in [6.07, 6.45) is 0.594. The van der Waals surface area contributed by atoms with Crippen molar-refractivity contribution in [2.75, 3.05) is 0 Å². The molecule has 3 rings (SSSR count). The van der Waals surface area contributed by atoms with Gasteiger partial charge in [-0.05, 0) is 34.7 Å². The quantitative estimate of drug-likeness (QED) is 0.883. The van der Waals surface area contributed by atoms with Crippen LogP contribution in [0.25, 0.3) is 0 Å². The van der Waals surface area contributed by atoms with Crippen molar-refractivity contribution in [3.05, 3.63) is 64.2 Å². The Bertz CT molecular complexity index is 755. The number of fused-ring (bicyclic) bond motifs is 1. The molecule has 0 spiro atoms. The Kier molecular flexibility index (Phi) is 3.90. The second-order valence-corrected chi connectivity index (χ2v) is 6.21. The second kappa shape index (κ2) is 5.88. The van der Waals surface area contributed by atoms with Gasteiger partial charge in [-0.25, -0.2) is 0 Å². The van der Waals surface area contributed by atoms with Gasteiger partial charge in [-0.3, -0.25) is 9.59 Å². The summed E-state index contributed by atoms with van der Waals surface area (Å²) in [6, 6.07) is 11.2. The molecule has 2 aromatic rings. The SMILES string of the molecule is CC(C)c1cc(C=O)c(O)c(C(=O)N2Cc3ccccc3C2)c1. The van der Waals surface area contributed by atoms with Crippen LogP contribution in [0.5, 0.6) is 5.75 Å². The Morgan fingerprint density at radius 3 is 2.30 bits per heavy atom. The van der Waals surface area contributed by atoms with E-state index in [0.717, 1.165) is 16.7 Å². The highest BCUT2D eigenvalue weighted by atomic mass is 16.3. The van der Waals surface area contributed by atoms with Crippen molar-refractivity contribution in [1.82, 2.24) is 4.90 Å². The number of phenols is 1. The number of benzene rings is 2. The number of hydrogen-bond donors (Lipinski definition) is 1. The fraction of sp³-hybridized carbons (Fsp3) is 0.263. The predicted molar refractivity (Wildman–Crippen MR) is 87.6 cm³/mol. The van der Waals surface area contributed by atoms with Crippen LogP contribution in [-0.4, -0.2) is 22.2 Å². The molecule has 0 saturated carbocycles. The number of carbonyl (C=O) groups is 2. The molecule has 23 heavy (non-hydrogen) atoms. The monoisotopic (exact) mass is 309 g/mol. The highest BCUT2D eigenvalue weighted by molar-refractivity contribution is 6.00. The molecule has 118 valence electrons. The van der Waals surface area contributed by atoms with Crippen LogP contribution in [-0.2, 0) is 13.1 Å². The fourth-order valence-corrected chi connectivity index (χ4v) is 2.91. The Balaban J connectivity index is 1.97. The maximum atomic E-state index is 12.8. The van der Waals surface area contributed by atoms with E-state index in [9.17, 15) is 14.7 Å². The summed E-state index contributed by atoms with van der Waals surface area (Å²) in [5.41, 5.74) is 3.47. The number of carbonyl (C=O) groups excluding carboxylic acids is 2. The first kappa shape index (κ1) is 15.3. The van der Waals surface area contributed by atoms with Gasteiger partial charge in [0.15, 0.2) is 6.29 Å². The van der Waals surface area contributed by atoms with E-state index in [1.54, 1.807) is 17.0 Å². The van der Waals surface area contributed by atoms with E-state index < -0.39 is 0 Å². The molecule has 1 amide bonds. The maximum Gasteiger partial charge on any atom is 0.258 e. The third kappa shape index (κ3) is 2.72. The van der Waals surface area contributed by atoms with Gasteiger partial charge in [0, 0.05) is 13.1 Å². The molecule has 1 heterocycles. The third-order valence-electron chi connectivity index (χ3n) is 4.31. The Hall–Kier alpha value is -2.62. The van der Waals surface area contributed by atoms with Crippen molar-refractivity contribution < 1.29 is 14.7 Å². The molecule has 0 radical (unpaired) electrons. The minimum absolute atomic E-state index is 0.163. The molecule has 2 aromatic carbocycles. The number of phenolic OH excluding ortho intramolecular Hbond substituents is 1. The molecule has 0 aliphatic carbocycles. The van der Waals surface area contributed by atoms with Crippen LogP contribution in [0, 0.1) is 0 Å². The molecule has 0 atom stereocenters. The van der Waals surface area contributed by atoms with Crippen LogP contribution in [0.4, 0.5) is 0 Å². The number of amides is 1. The largest absolute Gasteiger partial charge is 0.506 e. The van der Waals surface area contributed by atoms with Gasteiger partial charge < -0.3 is 10.0 Å². The van der Waals surface area contributed by atoms with Crippen LogP contribution in [0.15, 0.2) is 36.4 Å². The zero-order chi connectivity index (χ0) is 16.6. The summed E-state index contributed by atoms with van der Waals surface area (Å²) in [5.74, 6) is -0.314. The van der Waals surface area contributed by atoms with Crippen LogP contribution < -0.4 is 0 Å². The smallest absolute Gasteiger partial charge is 0.258 e. The van der Waals surface area contributed by atoms with Crippen LogP contribution in [0.2, 0.25) is 0 Å². The van der Waals surface area contributed by atoms with Crippen LogP contribution >= 0.6 is 0 Å². The molecule has 0 aromatic heterocycles. The van der Waals surface area contributed by atoms with Gasteiger partial charge in [0.25, 0.3) is 5.91 Å². The molecule has 4 nitrogen and oxygen atoms in total. The third-order valence-corrected chi connectivity index (χ3v) is 4.31. The van der Waals surface area contributed by atoms with Crippen molar-refractivity contribution in [2.45, 2.75) is 32.9 Å². The summed E-state index contributed by atoms with van der Waals surface area (Å²) >= 11 is 0. The number of hydrogen-bond acceptors (Lipinski definition) is 3. The van der Waals surface area contributed by atoms with Crippen molar-refractivity contribution in [2.24, 2.45) is 0 Å². The molecule has 1 aliphatic rings. The summed E-state index contributed by atoms with van der Waals surface area (Å²) in [6.45, 7) is 5.02. The lowest BCUT2D eigenvalue weighted by molar-refractivity contribution is 0.0748. The molecule has 0 bridgehead atoms. The van der Waals surface area contributed by atoms with Crippen molar-refractivity contribution >= 4 is 12.2 Å². The van der Waals surface area contributed by atoms with Gasteiger partial charge in [0.05, 0.1) is 11.1 Å². The average Bonchev–Trinajstić information content (AvgIpc) is 2.98. The minimum Gasteiger partial charge on any atom is -0.506 e. The van der Waals surface area contributed by atoms with E-state index in [-0.39, 0.29) is 28.7 Å². The van der Waals surface area contributed by atoms with E-state index >= 15 is 0 Å². The topological polar surface area (TPSA) is 57.6 Å². The molecule has 4 heteroatoms. The van der Waals surface area contributed by atoms with E-state index in [0.29, 0.717) is 19.4 Å². The van der Waals surface area contributed by atoms with E-state index in [1.165, 1.54) is 0 Å². The summed E-state index contributed by atoms with van der Waals surface area (Å²) in [4.78, 5) is 25.7. The molecular formula is C19H19NO3. The maximum absolute atomic E-state index is 12.8. The number of aromatic hydroxyl groups is 1. The zero-order valence-electron chi connectivity index (χ0n) is 13.2. The predicted octanol–water partition coefficient (Wildman–Crippen LogP) is 3.48. The molecule has 0 unspecified atom stereocenters. The standard InChI is InChI=1S/C19H19NO3/c1-12(2)15-7-16(11-21)18(22)17(8-15)19(23)20-9-13-5-3-4-6-14(13)10-20/h3-8,11-12,22H,9-10H2,1-2H3. The van der Waals surface area contributed by atoms with Gasteiger partial charge in [-0.15, -0.1) is 0 Å². The summed E-state index contributed by atoms with van der Waals surface area (Å²) < 4.78 is 0.